The van der Waals surface area contributed by atoms with E-state index in [2.05, 4.69) is 15.3 Å². The summed E-state index contributed by atoms with van der Waals surface area (Å²) in [5, 5.41) is 13.5. The SMILES string of the molecule is COc1nccnc1C(O)C1CCNCC1. The molecule has 0 bridgehead atoms. The highest BCUT2D eigenvalue weighted by molar-refractivity contribution is 5.20. The number of piperidine rings is 1. The number of rotatable bonds is 3. The van der Waals surface area contributed by atoms with Gasteiger partial charge in [-0.1, -0.05) is 0 Å². The molecule has 1 aromatic rings. The first kappa shape index (κ1) is 11.3. The van der Waals surface area contributed by atoms with Crippen molar-refractivity contribution in [3.8, 4) is 5.88 Å². The van der Waals surface area contributed by atoms with Gasteiger partial charge in [0.15, 0.2) is 0 Å². The number of ether oxygens (including phenoxy) is 1. The van der Waals surface area contributed by atoms with Gasteiger partial charge in [-0.2, -0.15) is 0 Å². The topological polar surface area (TPSA) is 67.3 Å². The predicted octanol–water partition coefficient (Wildman–Crippen LogP) is 0.518. The van der Waals surface area contributed by atoms with Gasteiger partial charge in [-0.05, 0) is 31.8 Å². The van der Waals surface area contributed by atoms with E-state index in [0.717, 1.165) is 25.9 Å². The molecule has 2 rings (SSSR count). The molecule has 0 aromatic carbocycles. The first-order chi connectivity index (χ1) is 7.83. The zero-order valence-corrected chi connectivity index (χ0v) is 9.39. The molecule has 5 heteroatoms. The number of aliphatic hydroxyl groups is 1. The van der Waals surface area contributed by atoms with Crippen LogP contribution < -0.4 is 10.1 Å². The third kappa shape index (κ3) is 2.31. The summed E-state index contributed by atoms with van der Waals surface area (Å²) in [6.45, 7) is 1.90. The van der Waals surface area contributed by atoms with E-state index in [0.29, 0.717) is 11.6 Å². The van der Waals surface area contributed by atoms with Crippen LogP contribution in [0.15, 0.2) is 12.4 Å². The van der Waals surface area contributed by atoms with Gasteiger partial charge in [-0.25, -0.2) is 4.98 Å². The fourth-order valence-electron chi connectivity index (χ4n) is 2.08. The molecule has 1 aliphatic rings. The number of aliphatic hydroxyl groups excluding tert-OH is 1. The molecule has 0 aliphatic carbocycles. The molecule has 0 spiro atoms. The van der Waals surface area contributed by atoms with Crippen LogP contribution >= 0.6 is 0 Å². The van der Waals surface area contributed by atoms with Crippen molar-refractivity contribution in [2.24, 2.45) is 5.92 Å². The van der Waals surface area contributed by atoms with Gasteiger partial charge in [0.25, 0.3) is 0 Å². The maximum atomic E-state index is 10.2. The molecule has 0 radical (unpaired) electrons. The van der Waals surface area contributed by atoms with E-state index in [9.17, 15) is 5.11 Å². The summed E-state index contributed by atoms with van der Waals surface area (Å²) >= 11 is 0. The van der Waals surface area contributed by atoms with Crippen LogP contribution in [0.3, 0.4) is 0 Å². The van der Waals surface area contributed by atoms with Gasteiger partial charge in [0.2, 0.25) is 5.88 Å². The van der Waals surface area contributed by atoms with Crippen molar-refractivity contribution in [3.63, 3.8) is 0 Å². The summed E-state index contributed by atoms with van der Waals surface area (Å²) in [6, 6.07) is 0. The van der Waals surface area contributed by atoms with Crippen molar-refractivity contribution >= 4 is 0 Å². The summed E-state index contributed by atoms with van der Waals surface area (Å²) < 4.78 is 5.11. The fraction of sp³-hybridized carbons (Fsp3) is 0.636. The Morgan fingerprint density at radius 2 is 2.06 bits per heavy atom. The molecule has 1 unspecified atom stereocenters. The largest absolute Gasteiger partial charge is 0.480 e. The highest BCUT2D eigenvalue weighted by Gasteiger charge is 2.26. The normalized spacial score (nSPS) is 19.4. The Balaban J connectivity index is 2.15. The molecule has 1 saturated heterocycles. The minimum absolute atomic E-state index is 0.242. The van der Waals surface area contributed by atoms with Gasteiger partial charge < -0.3 is 15.2 Å². The zero-order chi connectivity index (χ0) is 11.4. The van der Waals surface area contributed by atoms with E-state index in [-0.39, 0.29) is 5.92 Å². The second kappa shape index (κ2) is 5.23. The highest BCUT2D eigenvalue weighted by atomic mass is 16.5. The molecule has 5 nitrogen and oxygen atoms in total. The number of nitrogens with zero attached hydrogens (tertiary/aromatic N) is 2. The average molecular weight is 223 g/mol. The van der Waals surface area contributed by atoms with Crippen LogP contribution in [0.25, 0.3) is 0 Å². The van der Waals surface area contributed by atoms with Crippen LogP contribution in [0.2, 0.25) is 0 Å². The van der Waals surface area contributed by atoms with Gasteiger partial charge in [-0.3, -0.25) is 4.98 Å². The van der Waals surface area contributed by atoms with Crippen molar-refractivity contribution in [3.05, 3.63) is 18.1 Å². The Morgan fingerprint density at radius 3 is 2.75 bits per heavy atom. The van der Waals surface area contributed by atoms with Crippen LogP contribution in [-0.2, 0) is 0 Å². The monoisotopic (exact) mass is 223 g/mol. The molecular weight excluding hydrogens is 206 g/mol. The Hall–Kier alpha value is -1.20. The van der Waals surface area contributed by atoms with E-state index in [1.165, 1.54) is 0 Å². The standard InChI is InChI=1S/C11H17N3O2/c1-16-11-9(13-6-7-14-11)10(15)8-2-4-12-5-3-8/h6-8,10,12,15H,2-5H2,1H3. The van der Waals surface area contributed by atoms with Gasteiger partial charge in [0.1, 0.15) is 11.8 Å². The lowest BCUT2D eigenvalue weighted by Gasteiger charge is -2.27. The number of methoxy groups -OCH3 is 1. The summed E-state index contributed by atoms with van der Waals surface area (Å²) in [7, 11) is 1.54. The first-order valence-electron chi connectivity index (χ1n) is 5.56. The Morgan fingerprint density at radius 1 is 1.38 bits per heavy atom. The van der Waals surface area contributed by atoms with Crippen LogP contribution in [-0.4, -0.2) is 35.3 Å². The summed E-state index contributed by atoms with van der Waals surface area (Å²) in [5.74, 6) is 0.667. The third-order valence-corrected chi connectivity index (χ3v) is 3.00. The number of nitrogens with one attached hydrogen (secondary N) is 1. The molecule has 1 fully saturated rings. The van der Waals surface area contributed by atoms with Crippen molar-refractivity contribution in [2.45, 2.75) is 18.9 Å². The molecule has 1 aliphatic heterocycles. The summed E-state index contributed by atoms with van der Waals surface area (Å²) in [6.07, 6.45) is 4.49. The van der Waals surface area contributed by atoms with Gasteiger partial charge in [-0.15, -0.1) is 0 Å². The second-order valence-electron chi connectivity index (χ2n) is 3.98. The van der Waals surface area contributed by atoms with E-state index in [1.54, 1.807) is 19.5 Å². The minimum Gasteiger partial charge on any atom is -0.480 e. The molecule has 0 amide bonds. The van der Waals surface area contributed by atoms with E-state index in [1.807, 2.05) is 0 Å². The van der Waals surface area contributed by atoms with Crippen LogP contribution in [0.5, 0.6) is 5.88 Å². The van der Waals surface area contributed by atoms with Crippen molar-refractivity contribution in [1.29, 1.82) is 0 Å². The van der Waals surface area contributed by atoms with E-state index >= 15 is 0 Å². The average Bonchev–Trinajstić information content (AvgIpc) is 2.39. The van der Waals surface area contributed by atoms with Gasteiger partial charge in [0, 0.05) is 12.4 Å². The molecule has 1 atom stereocenters. The lowest BCUT2D eigenvalue weighted by molar-refractivity contribution is 0.0818. The maximum Gasteiger partial charge on any atom is 0.238 e. The maximum absolute atomic E-state index is 10.2. The first-order valence-corrected chi connectivity index (χ1v) is 5.56. The third-order valence-electron chi connectivity index (χ3n) is 3.00. The predicted molar refractivity (Wildman–Crippen MR) is 59.1 cm³/mol. The Bertz CT molecular complexity index is 340. The molecule has 16 heavy (non-hydrogen) atoms. The smallest absolute Gasteiger partial charge is 0.238 e. The highest BCUT2D eigenvalue weighted by Crippen LogP contribution is 2.31. The Kier molecular flexibility index (Phi) is 3.69. The lowest BCUT2D eigenvalue weighted by atomic mass is 9.90. The minimum atomic E-state index is -0.578. The molecule has 0 saturated carbocycles. The molecule has 88 valence electrons. The molecular formula is C11H17N3O2. The van der Waals surface area contributed by atoms with E-state index < -0.39 is 6.10 Å². The molecule has 2 N–H and O–H groups in total. The van der Waals surface area contributed by atoms with E-state index in [4.69, 9.17) is 4.74 Å². The van der Waals surface area contributed by atoms with Crippen LogP contribution in [0.1, 0.15) is 24.6 Å². The van der Waals surface area contributed by atoms with Gasteiger partial charge >= 0.3 is 0 Å². The Labute approximate surface area is 94.9 Å². The van der Waals surface area contributed by atoms with Crippen molar-refractivity contribution < 1.29 is 9.84 Å². The lowest BCUT2D eigenvalue weighted by Crippen LogP contribution is -2.31. The summed E-state index contributed by atoms with van der Waals surface area (Å²) in [5.41, 5.74) is 0.553. The molecule has 2 heterocycles. The number of hydrogen-bond acceptors (Lipinski definition) is 5. The van der Waals surface area contributed by atoms with Gasteiger partial charge in [0.05, 0.1) is 7.11 Å². The van der Waals surface area contributed by atoms with Crippen molar-refractivity contribution in [2.75, 3.05) is 20.2 Å². The number of hydrogen-bond donors (Lipinski definition) is 2. The van der Waals surface area contributed by atoms with Crippen LogP contribution in [0, 0.1) is 5.92 Å². The quantitative estimate of drug-likeness (QED) is 0.782. The second-order valence-corrected chi connectivity index (χ2v) is 3.98. The fourth-order valence-corrected chi connectivity index (χ4v) is 2.08. The zero-order valence-electron chi connectivity index (χ0n) is 9.39. The number of aromatic nitrogens is 2. The summed E-state index contributed by atoms with van der Waals surface area (Å²) in [4.78, 5) is 8.22. The van der Waals surface area contributed by atoms with Crippen LogP contribution in [0.4, 0.5) is 0 Å². The van der Waals surface area contributed by atoms with Crippen molar-refractivity contribution in [1.82, 2.24) is 15.3 Å². The molecule has 1 aromatic heterocycles.